The normalized spacial score (nSPS) is 13.3. The summed E-state index contributed by atoms with van der Waals surface area (Å²) in [6.45, 7) is 3.26. The maximum atomic E-state index is 12.4. The molecule has 1 aliphatic heterocycles. The summed E-state index contributed by atoms with van der Waals surface area (Å²) in [5, 5.41) is 9.35. The molecule has 26 heavy (non-hydrogen) atoms. The van der Waals surface area contributed by atoms with Crippen LogP contribution in [-0.2, 0) is 6.54 Å². The van der Waals surface area contributed by atoms with Crippen LogP contribution in [-0.4, -0.2) is 32.4 Å². The molecule has 6 heteroatoms. The van der Waals surface area contributed by atoms with Gasteiger partial charge in [0, 0.05) is 36.3 Å². The molecule has 0 saturated heterocycles. The number of hydrogen-bond acceptors (Lipinski definition) is 5. The highest BCUT2D eigenvalue weighted by atomic mass is 16.5. The quantitative estimate of drug-likeness (QED) is 0.866. The van der Waals surface area contributed by atoms with Crippen molar-refractivity contribution >= 4 is 17.3 Å². The highest BCUT2D eigenvalue weighted by molar-refractivity contribution is 5.94. The van der Waals surface area contributed by atoms with E-state index in [9.17, 15) is 4.79 Å². The Hall–Kier alpha value is -3.02. The van der Waals surface area contributed by atoms with E-state index < -0.39 is 0 Å². The zero-order chi connectivity index (χ0) is 18.5. The number of ether oxygens (including phenoxy) is 2. The minimum absolute atomic E-state index is 0.137. The predicted molar refractivity (Wildman–Crippen MR) is 102 cm³/mol. The van der Waals surface area contributed by atoms with Crippen LogP contribution in [0.3, 0.4) is 0 Å². The summed E-state index contributed by atoms with van der Waals surface area (Å²) in [5.74, 6) is 1.30. The number of amides is 1. The van der Waals surface area contributed by atoms with Crippen molar-refractivity contribution < 1.29 is 14.3 Å². The van der Waals surface area contributed by atoms with Crippen LogP contribution in [0.1, 0.15) is 29.3 Å². The molecule has 2 aromatic carbocycles. The molecule has 1 heterocycles. The van der Waals surface area contributed by atoms with Gasteiger partial charge in [-0.25, -0.2) is 0 Å². The molecule has 3 rings (SSSR count). The van der Waals surface area contributed by atoms with Gasteiger partial charge in [0.2, 0.25) is 0 Å². The second-order valence-electron chi connectivity index (χ2n) is 6.12. The lowest BCUT2D eigenvalue weighted by atomic mass is 10.1. The Bertz CT molecular complexity index is 816. The first-order valence-corrected chi connectivity index (χ1v) is 8.51. The van der Waals surface area contributed by atoms with E-state index in [4.69, 9.17) is 9.47 Å². The highest BCUT2D eigenvalue weighted by Crippen LogP contribution is 2.24. The van der Waals surface area contributed by atoms with Crippen molar-refractivity contribution in [2.24, 2.45) is 5.10 Å². The molecule has 0 atom stereocenters. The molecule has 0 aromatic heterocycles. The molecule has 0 aliphatic carbocycles. The molecule has 2 aromatic rings. The zero-order valence-corrected chi connectivity index (χ0v) is 15.3. The number of carbonyl (C=O) groups is 1. The Morgan fingerprint density at radius 1 is 1.15 bits per heavy atom. The first-order valence-electron chi connectivity index (χ1n) is 8.51. The van der Waals surface area contributed by atoms with E-state index in [0.717, 1.165) is 35.7 Å². The fourth-order valence-corrected chi connectivity index (χ4v) is 2.84. The van der Waals surface area contributed by atoms with Gasteiger partial charge in [-0.2, -0.15) is 5.10 Å². The lowest BCUT2D eigenvalue weighted by Crippen LogP contribution is -2.23. The third-order valence-electron chi connectivity index (χ3n) is 4.33. The number of anilines is 1. The topological polar surface area (TPSA) is 63.2 Å². The number of nitrogens with zero attached hydrogens (tertiary/aromatic N) is 2. The van der Waals surface area contributed by atoms with E-state index in [-0.39, 0.29) is 5.91 Å². The van der Waals surface area contributed by atoms with Crippen molar-refractivity contribution in [3.05, 3.63) is 53.6 Å². The number of rotatable bonds is 6. The molecule has 1 aliphatic rings. The summed E-state index contributed by atoms with van der Waals surface area (Å²) >= 11 is 0. The number of hydrazone groups is 1. The van der Waals surface area contributed by atoms with E-state index in [1.54, 1.807) is 14.2 Å². The van der Waals surface area contributed by atoms with Gasteiger partial charge in [0.15, 0.2) is 0 Å². The van der Waals surface area contributed by atoms with Gasteiger partial charge in [0.1, 0.15) is 11.5 Å². The maximum Gasteiger partial charge on any atom is 0.251 e. The van der Waals surface area contributed by atoms with Gasteiger partial charge >= 0.3 is 0 Å². The number of benzene rings is 2. The van der Waals surface area contributed by atoms with E-state index in [0.29, 0.717) is 17.9 Å². The van der Waals surface area contributed by atoms with Crippen LogP contribution in [0.15, 0.2) is 47.6 Å². The summed E-state index contributed by atoms with van der Waals surface area (Å²) in [4.78, 5) is 12.4. The standard InChI is InChI=1S/C20H23N3O3/c1-14-10-11-23(22-14)17-6-4-15(5-7-17)20(24)21-13-16-12-18(25-2)8-9-19(16)26-3/h4-9,12H,10-11,13H2,1-3H3,(H,21,24). The van der Waals surface area contributed by atoms with Crippen molar-refractivity contribution in [3.63, 3.8) is 0 Å². The second-order valence-corrected chi connectivity index (χ2v) is 6.12. The molecular formula is C20H23N3O3. The molecule has 6 nitrogen and oxygen atoms in total. The fourth-order valence-electron chi connectivity index (χ4n) is 2.84. The molecule has 0 bridgehead atoms. The van der Waals surface area contributed by atoms with Gasteiger partial charge in [0.05, 0.1) is 19.9 Å². The van der Waals surface area contributed by atoms with Gasteiger partial charge in [-0.3, -0.25) is 9.80 Å². The monoisotopic (exact) mass is 353 g/mol. The summed E-state index contributed by atoms with van der Waals surface area (Å²) < 4.78 is 10.6. The summed E-state index contributed by atoms with van der Waals surface area (Å²) in [6, 6.07) is 13.0. The van der Waals surface area contributed by atoms with Crippen molar-refractivity contribution in [3.8, 4) is 11.5 Å². The Kier molecular flexibility index (Phi) is 5.41. The highest BCUT2D eigenvalue weighted by Gasteiger charge is 2.14. The van der Waals surface area contributed by atoms with Crippen LogP contribution < -0.4 is 19.8 Å². The van der Waals surface area contributed by atoms with Crippen LogP contribution in [0.4, 0.5) is 5.69 Å². The molecule has 136 valence electrons. The zero-order valence-electron chi connectivity index (χ0n) is 15.3. The molecule has 0 radical (unpaired) electrons. The minimum atomic E-state index is -0.137. The van der Waals surface area contributed by atoms with Crippen LogP contribution in [0.2, 0.25) is 0 Å². The number of carbonyl (C=O) groups excluding carboxylic acids is 1. The summed E-state index contributed by atoms with van der Waals surface area (Å²) in [5.41, 5.74) is 3.58. The Morgan fingerprint density at radius 3 is 2.54 bits per heavy atom. The van der Waals surface area contributed by atoms with Crippen molar-refractivity contribution in [1.82, 2.24) is 5.32 Å². The predicted octanol–water partition coefficient (Wildman–Crippen LogP) is 3.22. The molecular weight excluding hydrogens is 330 g/mol. The average Bonchev–Trinajstić information content (AvgIpc) is 3.12. The smallest absolute Gasteiger partial charge is 0.251 e. The van der Waals surface area contributed by atoms with Crippen molar-refractivity contribution in [2.75, 3.05) is 25.8 Å². The van der Waals surface area contributed by atoms with E-state index in [1.165, 1.54) is 0 Å². The summed E-state index contributed by atoms with van der Waals surface area (Å²) in [6.07, 6.45) is 0.977. The number of methoxy groups -OCH3 is 2. The van der Waals surface area contributed by atoms with Gasteiger partial charge in [-0.1, -0.05) is 0 Å². The average molecular weight is 353 g/mol. The van der Waals surface area contributed by atoms with E-state index in [2.05, 4.69) is 10.4 Å². The Morgan fingerprint density at radius 2 is 1.92 bits per heavy atom. The van der Waals surface area contributed by atoms with Gasteiger partial charge < -0.3 is 14.8 Å². The van der Waals surface area contributed by atoms with Crippen molar-refractivity contribution in [2.45, 2.75) is 19.9 Å². The molecule has 0 fully saturated rings. The van der Waals surface area contributed by atoms with Gasteiger partial charge in [-0.15, -0.1) is 0 Å². The second kappa shape index (κ2) is 7.91. The van der Waals surface area contributed by atoms with Crippen LogP contribution in [0.5, 0.6) is 11.5 Å². The molecule has 1 amide bonds. The van der Waals surface area contributed by atoms with Crippen LogP contribution in [0, 0.1) is 0 Å². The van der Waals surface area contributed by atoms with Crippen LogP contribution >= 0.6 is 0 Å². The lowest BCUT2D eigenvalue weighted by molar-refractivity contribution is 0.0950. The largest absolute Gasteiger partial charge is 0.497 e. The molecule has 0 saturated carbocycles. The number of hydrogen-bond donors (Lipinski definition) is 1. The van der Waals surface area contributed by atoms with E-state index in [1.807, 2.05) is 54.4 Å². The van der Waals surface area contributed by atoms with Crippen molar-refractivity contribution in [1.29, 1.82) is 0 Å². The lowest BCUT2D eigenvalue weighted by Gasteiger charge is -2.14. The summed E-state index contributed by atoms with van der Waals surface area (Å²) in [7, 11) is 3.21. The van der Waals surface area contributed by atoms with Gasteiger partial charge in [-0.05, 0) is 49.4 Å². The molecule has 0 spiro atoms. The number of nitrogens with one attached hydrogen (secondary N) is 1. The maximum absolute atomic E-state index is 12.4. The first kappa shape index (κ1) is 17.8. The third-order valence-corrected chi connectivity index (χ3v) is 4.33. The van der Waals surface area contributed by atoms with Gasteiger partial charge in [0.25, 0.3) is 5.91 Å². The van der Waals surface area contributed by atoms with Crippen LogP contribution in [0.25, 0.3) is 0 Å². The fraction of sp³-hybridized carbons (Fsp3) is 0.300. The first-order chi connectivity index (χ1) is 12.6. The Balaban J connectivity index is 1.65. The molecule has 1 N–H and O–H groups in total. The minimum Gasteiger partial charge on any atom is -0.497 e. The third kappa shape index (κ3) is 3.96. The van der Waals surface area contributed by atoms with E-state index >= 15 is 0 Å². The Labute approximate surface area is 153 Å². The molecule has 0 unspecified atom stereocenters. The SMILES string of the molecule is COc1ccc(OC)c(CNC(=O)c2ccc(N3CCC(C)=N3)cc2)c1.